The van der Waals surface area contributed by atoms with Crippen LogP contribution in [0.4, 0.5) is 5.82 Å². The smallest absolute Gasteiger partial charge is 0.129 e. The van der Waals surface area contributed by atoms with Crippen LogP contribution in [0.3, 0.4) is 0 Å². The standard InChI is InChI=1S/C12H15ClN2O/c13-8-1-6-12(14-7-8)15(9-2-3-9)10-4-5-11(10)16/h1,6-7,9-11,16H,2-5H2. The number of halogens is 1. The summed E-state index contributed by atoms with van der Waals surface area (Å²) in [5.41, 5.74) is 0. The Morgan fingerprint density at radius 3 is 2.50 bits per heavy atom. The first kappa shape index (κ1) is 10.4. The van der Waals surface area contributed by atoms with E-state index < -0.39 is 0 Å². The van der Waals surface area contributed by atoms with E-state index in [4.69, 9.17) is 11.6 Å². The monoisotopic (exact) mass is 238 g/mol. The van der Waals surface area contributed by atoms with Crippen molar-refractivity contribution in [3.63, 3.8) is 0 Å². The van der Waals surface area contributed by atoms with Crippen molar-refractivity contribution in [2.45, 2.75) is 43.9 Å². The van der Waals surface area contributed by atoms with E-state index in [1.807, 2.05) is 12.1 Å². The summed E-state index contributed by atoms with van der Waals surface area (Å²) in [4.78, 5) is 6.64. The largest absolute Gasteiger partial charge is 0.391 e. The van der Waals surface area contributed by atoms with Crippen LogP contribution in [-0.2, 0) is 0 Å². The lowest BCUT2D eigenvalue weighted by atomic mass is 9.87. The Balaban J connectivity index is 1.85. The van der Waals surface area contributed by atoms with E-state index in [-0.39, 0.29) is 12.1 Å². The number of nitrogens with zero attached hydrogens (tertiary/aromatic N) is 2. The summed E-state index contributed by atoms with van der Waals surface area (Å²) in [6.45, 7) is 0. The highest BCUT2D eigenvalue weighted by molar-refractivity contribution is 6.30. The van der Waals surface area contributed by atoms with Crippen LogP contribution >= 0.6 is 11.6 Å². The molecular weight excluding hydrogens is 224 g/mol. The Morgan fingerprint density at radius 1 is 1.25 bits per heavy atom. The van der Waals surface area contributed by atoms with E-state index in [9.17, 15) is 5.11 Å². The predicted octanol–water partition coefficient (Wildman–Crippen LogP) is 2.23. The van der Waals surface area contributed by atoms with Gasteiger partial charge in [0.05, 0.1) is 17.2 Å². The number of hydrogen-bond donors (Lipinski definition) is 1. The number of hydrogen-bond acceptors (Lipinski definition) is 3. The first-order chi connectivity index (χ1) is 7.75. The second-order valence-electron chi connectivity index (χ2n) is 4.69. The first-order valence-electron chi connectivity index (χ1n) is 5.83. The van der Waals surface area contributed by atoms with Crippen LogP contribution in [0, 0.1) is 0 Å². The number of aliphatic hydroxyl groups excluding tert-OH is 1. The number of pyridine rings is 1. The van der Waals surface area contributed by atoms with Gasteiger partial charge in [-0.25, -0.2) is 4.98 Å². The molecule has 0 aromatic carbocycles. The molecular formula is C12H15ClN2O. The minimum atomic E-state index is -0.182. The fraction of sp³-hybridized carbons (Fsp3) is 0.583. The summed E-state index contributed by atoms with van der Waals surface area (Å²) in [5, 5.41) is 10.4. The van der Waals surface area contributed by atoms with Crippen molar-refractivity contribution < 1.29 is 5.11 Å². The SMILES string of the molecule is OC1CCC1N(c1ccc(Cl)cn1)C1CC1. The van der Waals surface area contributed by atoms with Crippen LogP contribution in [0.5, 0.6) is 0 Å². The van der Waals surface area contributed by atoms with Crippen molar-refractivity contribution in [3.8, 4) is 0 Å². The van der Waals surface area contributed by atoms with Crippen molar-refractivity contribution in [3.05, 3.63) is 23.4 Å². The van der Waals surface area contributed by atoms with Gasteiger partial charge in [0.15, 0.2) is 0 Å². The lowest BCUT2D eigenvalue weighted by Crippen LogP contribution is -2.52. The minimum Gasteiger partial charge on any atom is -0.391 e. The van der Waals surface area contributed by atoms with Crippen LogP contribution in [0.1, 0.15) is 25.7 Å². The molecule has 2 unspecified atom stereocenters. The van der Waals surface area contributed by atoms with E-state index in [1.54, 1.807) is 6.20 Å². The summed E-state index contributed by atoms with van der Waals surface area (Å²) < 4.78 is 0. The molecule has 0 amide bonds. The normalized spacial score (nSPS) is 28.6. The van der Waals surface area contributed by atoms with Crippen molar-refractivity contribution in [2.75, 3.05) is 4.90 Å². The van der Waals surface area contributed by atoms with Gasteiger partial charge in [0.25, 0.3) is 0 Å². The second-order valence-corrected chi connectivity index (χ2v) is 5.12. The lowest BCUT2D eigenvalue weighted by molar-refractivity contribution is 0.0633. The van der Waals surface area contributed by atoms with Crippen LogP contribution in [0.15, 0.2) is 18.3 Å². The van der Waals surface area contributed by atoms with Gasteiger partial charge in [-0.05, 0) is 37.8 Å². The number of aromatic nitrogens is 1. The van der Waals surface area contributed by atoms with Gasteiger partial charge in [-0.15, -0.1) is 0 Å². The molecule has 1 aromatic heterocycles. The quantitative estimate of drug-likeness (QED) is 0.877. The van der Waals surface area contributed by atoms with Gasteiger partial charge >= 0.3 is 0 Å². The Bertz CT molecular complexity index is 377. The Kier molecular flexibility index (Phi) is 2.52. The molecule has 1 aromatic rings. The Labute approximate surface area is 100 Å². The van der Waals surface area contributed by atoms with Crippen LogP contribution in [0.2, 0.25) is 5.02 Å². The van der Waals surface area contributed by atoms with Gasteiger partial charge in [0.2, 0.25) is 0 Å². The van der Waals surface area contributed by atoms with Crippen molar-refractivity contribution in [1.82, 2.24) is 4.98 Å². The van der Waals surface area contributed by atoms with Crippen molar-refractivity contribution in [2.24, 2.45) is 0 Å². The zero-order valence-electron chi connectivity index (χ0n) is 9.01. The third-order valence-corrected chi connectivity index (χ3v) is 3.70. The zero-order chi connectivity index (χ0) is 11.1. The highest BCUT2D eigenvalue weighted by atomic mass is 35.5. The summed E-state index contributed by atoms with van der Waals surface area (Å²) in [6.07, 6.45) is 5.92. The van der Waals surface area contributed by atoms with E-state index in [0.717, 1.165) is 18.7 Å². The molecule has 86 valence electrons. The van der Waals surface area contributed by atoms with Gasteiger partial charge in [-0.2, -0.15) is 0 Å². The first-order valence-corrected chi connectivity index (χ1v) is 6.21. The average molecular weight is 239 g/mol. The molecule has 2 saturated carbocycles. The van der Waals surface area contributed by atoms with Gasteiger partial charge in [-0.1, -0.05) is 11.6 Å². The molecule has 3 nitrogen and oxygen atoms in total. The van der Waals surface area contributed by atoms with Gasteiger partial charge in [-0.3, -0.25) is 0 Å². The van der Waals surface area contributed by atoms with Gasteiger partial charge in [0.1, 0.15) is 5.82 Å². The fourth-order valence-corrected chi connectivity index (χ4v) is 2.40. The molecule has 16 heavy (non-hydrogen) atoms. The Hall–Kier alpha value is -0.800. The van der Waals surface area contributed by atoms with Gasteiger partial charge in [0, 0.05) is 12.2 Å². The zero-order valence-corrected chi connectivity index (χ0v) is 9.77. The van der Waals surface area contributed by atoms with E-state index in [1.165, 1.54) is 12.8 Å². The molecule has 1 heterocycles. The number of anilines is 1. The third-order valence-electron chi connectivity index (χ3n) is 3.48. The molecule has 0 bridgehead atoms. The molecule has 2 aliphatic rings. The average Bonchev–Trinajstić information content (AvgIpc) is 3.09. The highest BCUT2D eigenvalue weighted by Gasteiger charge is 2.42. The maximum Gasteiger partial charge on any atom is 0.129 e. The summed E-state index contributed by atoms with van der Waals surface area (Å²) in [7, 11) is 0. The highest BCUT2D eigenvalue weighted by Crippen LogP contribution is 2.38. The predicted molar refractivity (Wildman–Crippen MR) is 63.8 cm³/mol. The number of aliphatic hydroxyl groups is 1. The van der Waals surface area contributed by atoms with E-state index >= 15 is 0 Å². The van der Waals surface area contributed by atoms with Crippen molar-refractivity contribution >= 4 is 17.4 Å². The summed E-state index contributed by atoms with van der Waals surface area (Å²) in [6, 6.07) is 4.66. The third kappa shape index (κ3) is 1.78. The molecule has 4 heteroatoms. The summed E-state index contributed by atoms with van der Waals surface area (Å²) >= 11 is 5.84. The topological polar surface area (TPSA) is 36.4 Å². The molecule has 0 aliphatic heterocycles. The maximum atomic E-state index is 9.78. The van der Waals surface area contributed by atoms with E-state index in [2.05, 4.69) is 9.88 Å². The van der Waals surface area contributed by atoms with E-state index in [0.29, 0.717) is 11.1 Å². The molecule has 0 spiro atoms. The maximum absolute atomic E-state index is 9.78. The molecule has 0 saturated heterocycles. The molecule has 3 rings (SSSR count). The van der Waals surface area contributed by atoms with Crippen LogP contribution < -0.4 is 4.90 Å². The molecule has 2 aliphatic carbocycles. The minimum absolute atomic E-state index is 0.182. The Morgan fingerprint density at radius 2 is 2.06 bits per heavy atom. The molecule has 2 atom stereocenters. The molecule has 0 radical (unpaired) electrons. The van der Waals surface area contributed by atoms with Gasteiger partial charge < -0.3 is 10.0 Å². The molecule has 1 N–H and O–H groups in total. The fourth-order valence-electron chi connectivity index (χ4n) is 2.29. The van der Waals surface area contributed by atoms with Crippen molar-refractivity contribution in [1.29, 1.82) is 0 Å². The van der Waals surface area contributed by atoms with Crippen LogP contribution in [0.25, 0.3) is 0 Å². The second kappa shape index (κ2) is 3.90. The lowest BCUT2D eigenvalue weighted by Gasteiger charge is -2.42. The van der Waals surface area contributed by atoms with Crippen LogP contribution in [-0.4, -0.2) is 28.3 Å². The summed E-state index contributed by atoms with van der Waals surface area (Å²) in [5.74, 6) is 0.954. The number of rotatable bonds is 3. The molecule has 2 fully saturated rings.